The van der Waals surface area contributed by atoms with Crippen LogP contribution in [0.25, 0.3) is 22.4 Å². The third-order valence-corrected chi connectivity index (χ3v) is 3.01. The zero-order valence-corrected chi connectivity index (χ0v) is 10.5. The maximum Gasteiger partial charge on any atom is 0.346 e. The van der Waals surface area contributed by atoms with E-state index in [0.717, 1.165) is 11.6 Å². The highest BCUT2D eigenvalue weighted by Crippen LogP contribution is 2.34. The number of hydrogen-bond acceptors (Lipinski definition) is 5. The molecule has 2 aromatic heterocycles. The Bertz CT molecular complexity index is 869. The summed E-state index contributed by atoms with van der Waals surface area (Å²) in [6.07, 6.45) is 0.854. The van der Waals surface area contributed by atoms with E-state index < -0.39 is 22.1 Å². The van der Waals surface area contributed by atoms with Gasteiger partial charge in [-0.05, 0) is 12.1 Å². The molecule has 21 heavy (non-hydrogen) atoms. The number of rotatable bonds is 3. The van der Waals surface area contributed by atoms with E-state index in [0.29, 0.717) is 5.52 Å². The van der Waals surface area contributed by atoms with Crippen LogP contribution in [-0.2, 0) is 0 Å². The molecule has 1 N–H and O–H groups in total. The van der Waals surface area contributed by atoms with Gasteiger partial charge < -0.3 is 9.52 Å². The molecule has 1 aromatic carbocycles. The van der Waals surface area contributed by atoms with E-state index in [2.05, 4.69) is 4.98 Å². The smallest absolute Gasteiger partial charge is 0.346 e. The summed E-state index contributed by atoms with van der Waals surface area (Å²) in [4.78, 5) is 25.6. The number of fused-ring (bicyclic) bond motifs is 1. The summed E-state index contributed by atoms with van der Waals surface area (Å²) in [7, 11) is 0. The normalized spacial score (nSPS) is 10.7. The van der Waals surface area contributed by atoms with E-state index in [1.165, 1.54) is 0 Å². The molecule has 0 saturated heterocycles. The second kappa shape index (κ2) is 4.71. The minimum atomic E-state index is -1.42. The van der Waals surface area contributed by atoms with E-state index in [1.54, 1.807) is 24.3 Å². The monoisotopic (exact) mass is 284 g/mol. The molecule has 0 aliphatic heterocycles. The number of furan rings is 1. The van der Waals surface area contributed by atoms with Crippen LogP contribution >= 0.6 is 0 Å². The number of nitro groups is 1. The zero-order valence-electron chi connectivity index (χ0n) is 10.5. The van der Waals surface area contributed by atoms with Crippen molar-refractivity contribution in [2.24, 2.45) is 0 Å². The summed E-state index contributed by atoms with van der Waals surface area (Å²) in [6, 6.07) is 10.5. The van der Waals surface area contributed by atoms with Crippen LogP contribution in [0.3, 0.4) is 0 Å². The van der Waals surface area contributed by atoms with Crippen molar-refractivity contribution in [3.05, 3.63) is 58.3 Å². The lowest BCUT2D eigenvalue weighted by Crippen LogP contribution is -2.00. The predicted octanol–water partition coefficient (Wildman–Crippen LogP) is 3.10. The third-order valence-electron chi connectivity index (χ3n) is 3.01. The van der Waals surface area contributed by atoms with Crippen molar-refractivity contribution in [2.75, 3.05) is 0 Å². The first kappa shape index (κ1) is 12.8. The van der Waals surface area contributed by atoms with E-state index in [1.807, 2.05) is 12.1 Å². The SMILES string of the molecule is O=C(O)c1coc(-c2ccc3ccccc3n2)c1[N+](=O)[O-]. The van der Waals surface area contributed by atoms with Crippen LogP contribution in [0.2, 0.25) is 0 Å². The first-order valence-corrected chi connectivity index (χ1v) is 5.93. The first-order valence-electron chi connectivity index (χ1n) is 5.93. The lowest BCUT2D eigenvalue weighted by Gasteiger charge is -2.00. The lowest BCUT2D eigenvalue weighted by atomic mass is 10.1. The maximum atomic E-state index is 11.1. The van der Waals surface area contributed by atoms with Gasteiger partial charge in [0, 0.05) is 5.39 Å². The van der Waals surface area contributed by atoms with Crippen LogP contribution in [0.15, 0.2) is 47.1 Å². The fourth-order valence-corrected chi connectivity index (χ4v) is 2.06. The number of nitrogens with zero attached hydrogens (tertiary/aromatic N) is 2. The standard InChI is InChI=1S/C14H8N2O5/c17-14(18)9-7-21-13(12(9)16(19)20)11-6-5-8-3-1-2-4-10(8)15-11/h1-7H,(H,17,18). The third kappa shape index (κ3) is 2.10. The molecule has 0 amide bonds. The Hall–Kier alpha value is -3.22. The molecule has 0 bridgehead atoms. The van der Waals surface area contributed by atoms with Gasteiger partial charge >= 0.3 is 11.7 Å². The van der Waals surface area contributed by atoms with Crippen LogP contribution < -0.4 is 0 Å². The molecular weight excluding hydrogens is 276 g/mol. The average molecular weight is 284 g/mol. The van der Waals surface area contributed by atoms with Crippen LogP contribution in [0.4, 0.5) is 5.69 Å². The van der Waals surface area contributed by atoms with Gasteiger partial charge in [-0.3, -0.25) is 10.1 Å². The molecule has 0 aliphatic rings. The molecule has 3 rings (SSSR count). The van der Waals surface area contributed by atoms with Crippen molar-refractivity contribution in [3.63, 3.8) is 0 Å². The number of carboxylic acid groups (broad SMARTS) is 1. The van der Waals surface area contributed by atoms with Crippen molar-refractivity contribution < 1.29 is 19.2 Å². The summed E-state index contributed by atoms with van der Waals surface area (Å²) in [5.74, 6) is -1.58. The van der Waals surface area contributed by atoms with E-state index in [4.69, 9.17) is 9.52 Å². The van der Waals surface area contributed by atoms with Crippen molar-refractivity contribution in [2.45, 2.75) is 0 Å². The highest BCUT2D eigenvalue weighted by Gasteiger charge is 2.30. The molecular formula is C14H8N2O5. The van der Waals surface area contributed by atoms with E-state index in [-0.39, 0.29) is 11.5 Å². The van der Waals surface area contributed by atoms with Gasteiger partial charge in [0.25, 0.3) is 0 Å². The van der Waals surface area contributed by atoms with E-state index in [9.17, 15) is 14.9 Å². The predicted molar refractivity (Wildman–Crippen MR) is 73.1 cm³/mol. The minimum absolute atomic E-state index is 0.164. The van der Waals surface area contributed by atoms with Crippen LogP contribution in [0.1, 0.15) is 10.4 Å². The number of carbonyl (C=O) groups is 1. The Morgan fingerprint density at radius 2 is 2.00 bits per heavy atom. The van der Waals surface area contributed by atoms with Gasteiger partial charge in [0.15, 0.2) is 5.56 Å². The maximum absolute atomic E-state index is 11.1. The molecule has 7 nitrogen and oxygen atoms in total. The molecule has 0 saturated carbocycles. The minimum Gasteiger partial charge on any atom is -0.477 e. The van der Waals surface area contributed by atoms with Crippen LogP contribution in [0, 0.1) is 10.1 Å². The fourth-order valence-electron chi connectivity index (χ4n) is 2.06. The molecule has 0 fully saturated rings. The van der Waals surface area contributed by atoms with E-state index >= 15 is 0 Å². The highest BCUT2D eigenvalue weighted by molar-refractivity contribution is 5.95. The van der Waals surface area contributed by atoms with Gasteiger partial charge in [-0.15, -0.1) is 0 Å². The Kier molecular flexibility index (Phi) is 2.87. The Morgan fingerprint density at radius 1 is 1.24 bits per heavy atom. The number of benzene rings is 1. The van der Waals surface area contributed by atoms with Crippen molar-refractivity contribution in [1.82, 2.24) is 4.98 Å². The summed E-state index contributed by atoms with van der Waals surface area (Å²) in [6.45, 7) is 0. The van der Waals surface area contributed by atoms with Crippen molar-refractivity contribution in [3.8, 4) is 11.5 Å². The zero-order chi connectivity index (χ0) is 15.0. The molecule has 0 aliphatic carbocycles. The topological polar surface area (TPSA) is 106 Å². The molecule has 0 radical (unpaired) electrons. The Labute approximate surface area is 117 Å². The molecule has 104 valence electrons. The van der Waals surface area contributed by atoms with Gasteiger partial charge in [0.2, 0.25) is 5.76 Å². The van der Waals surface area contributed by atoms with Gasteiger partial charge in [-0.1, -0.05) is 24.3 Å². The number of carboxylic acids is 1. The molecule has 7 heteroatoms. The fraction of sp³-hybridized carbons (Fsp3) is 0. The summed E-state index contributed by atoms with van der Waals surface area (Å²) in [5, 5.41) is 20.9. The molecule has 0 spiro atoms. The first-order chi connectivity index (χ1) is 10.1. The van der Waals surface area contributed by atoms with Gasteiger partial charge in [-0.2, -0.15) is 0 Å². The van der Waals surface area contributed by atoms with Crippen LogP contribution in [-0.4, -0.2) is 21.0 Å². The van der Waals surface area contributed by atoms with Crippen molar-refractivity contribution >= 4 is 22.6 Å². The number of hydrogen-bond donors (Lipinski definition) is 1. The molecule has 3 aromatic rings. The Morgan fingerprint density at radius 3 is 2.71 bits per heavy atom. The molecule has 2 heterocycles. The van der Waals surface area contributed by atoms with Crippen molar-refractivity contribution in [1.29, 1.82) is 0 Å². The number of aromatic nitrogens is 1. The van der Waals surface area contributed by atoms with Gasteiger partial charge in [-0.25, -0.2) is 9.78 Å². The van der Waals surface area contributed by atoms with Gasteiger partial charge in [0.1, 0.15) is 12.0 Å². The summed E-state index contributed by atoms with van der Waals surface area (Å²) in [5.41, 5.74) is -0.235. The van der Waals surface area contributed by atoms with Gasteiger partial charge in [0.05, 0.1) is 10.4 Å². The molecule has 0 atom stereocenters. The molecule has 0 unspecified atom stereocenters. The second-order valence-corrected chi connectivity index (χ2v) is 4.28. The lowest BCUT2D eigenvalue weighted by molar-refractivity contribution is -0.384. The summed E-state index contributed by atoms with van der Waals surface area (Å²) < 4.78 is 5.07. The highest BCUT2D eigenvalue weighted by atomic mass is 16.6. The average Bonchev–Trinajstić information content (AvgIpc) is 2.92. The van der Waals surface area contributed by atoms with Crippen LogP contribution in [0.5, 0.6) is 0 Å². The second-order valence-electron chi connectivity index (χ2n) is 4.28. The largest absolute Gasteiger partial charge is 0.477 e. The number of aromatic carboxylic acids is 1. The quantitative estimate of drug-likeness (QED) is 0.585. The summed E-state index contributed by atoms with van der Waals surface area (Å²) >= 11 is 0. The number of para-hydroxylation sites is 1. The Balaban J connectivity index is 2.23. The number of pyridine rings is 1.